The summed E-state index contributed by atoms with van der Waals surface area (Å²) in [5.41, 5.74) is 2.26. The standard InChI is InChI=1S/C14H15N3O/c1-17(2)12-8-6-11(7-9-12)16-14(18)13-5-3-4-10-15-13/h3-10H,1-2H3,(H,16,18). The third-order valence-electron chi connectivity index (χ3n) is 2.54. The molecule has 1 N–H and O–H groups in total. The van der Waals surface area contributed by atoms with Gasteiger partial charge in [0.1, 0.15) is 5.69 Å². The number of anilines is 2. The van der Waals surface area contributed by atoms with E-state index in [1.807, 2.05) is 43.3 Å². The summed E-state index contributed by atoms with van der Waals surface area (Å²) in [4.78, 5) is 17.9. The fraction of sp³-hybridized carbons (Fsp3) is 0.143. The van der Waals surface area contributed by atoms with Crippen LogP contribution in [0.4, 0.5) is 11.4 Å². The van der Waals surface area contributed by atoms with Crippen molar-refractivity contribution in [1.29, 1.82) is 0 Å². The van der Waals surface area contributed by atoms with Crippen LogP contribution in [0.25, 0.3) is 0 Å². The first-order valence-corrected chi connectivity index (χ1v) is 5.66. The highest BCUT2D eigenvalue weighted by Gasteiger charge is 2.06. The van der Waals surface area contributed by atoms with Crippen LogP contribution in [-0.4, -0.2) is 25.0 Å². The minimum absolute atomic E-state index is 0.201. The second-order valence-corrected chi connectivity index (χ2v) is 4.11. The van der Waals surface area contributed by atoms with Crippen molar-refractivity contribution in [2.75, 3.05) is 24.3 Å². The summed E-state index contributed by atoms with van der Waals surface area (Å²) in [6.07, 6.45) is 1.60. The Kier molecular flexibility index (Phi) is 3.57. The zero-order valence-electron chi connectivity index (χ0n) is 10.4. The molecule has 2 aromatic rings. The number of nitrogens with zero attached hydrogens (tertiary/aromatic N) is 2. The second-order valence-electron chi connectivity index (χ2n) is 4.11. The lowest BCUT2D eigenvalue weighted by atomic mass is 10.2. The smallest absolute Gasteiger partial charge is 0.274 e. The predicted molar refractivity (Wildman–Crippen MR) is 73.0 cm³/mol. The molecule has 1 heterocycles. The molecule has 18 heavy (non-hydrogen) atoms. The lowest BCUT2D eigenvalue weighted by molar-refractivity contribution is 0.102. The van der Waals surface area contributed by atoms with Crippen LogP contribution in [0.3, 0.4) is 0 Å². The molecule has 1 amide bonds. The molecule has 0 bridgehead atoms. The quantitative estimate of drug-likeness (QED) is 0.897. The lowest BCUT2D eigenvalue weighted by Crippen LogP contribution is -2.13. The van der Waals surface area contributed by atoms with Crippen LogP contribution in [0.2, 0.25) is 0 Å². The lowest BCUT2D eigenvalue weighted by Gasteiger charge is -2.12. The van der Waals surface area contributed by atoms with E-state index in [9.17, 15) is 4.79 Å². The summed E-state index contributed by atoms with van der Waals surface area (Å²) < 4.78 is 0. The van der Waals surface area contributed by atoms with E-state index >= 15 is 0 Å². The van der Waals surface area contributed by atoms with Crippen molar-refractivity contribution in [2.45, 2.75) is 0 Å². The van der Waals surface area contributed by atoms with Crippen LogP contribution in [0.15, 0.2) is 48.7 Å². The third kappa shape index (κ3) is 2.85. The summed E-state index contributed by atoms with van der Waals surface area (Å²) in [7, 11) is 3.95. The number of carbonyl (C=O) groups excluding carboxylic acids is 1. The highest BCUT2D eigenvalue weighted by atomic mass is 16.1. The van der Waals surface area contributed by atoms with Gasteiger partial charge in [0, 0.05) is 31.7 Å². The van der Waals surface area contributed by atoms with Gasteiger partial charge in [-0.25, -0.2) is 0 Å². The number of aromatic nitrogens is 1. The molecule has 0 aliphatic rings. The van der Waals surface area contributed by atoms with Gasteiger partial charge in [-0.15, -0.1) is 0 Å². The van der Waals surface area contributed by atoms with Crippen molar-refractivity contribution in [1.82, 2.24) is 4.98 Å². The molecule has 0 aliphatic carbocycles. The van der Waals surface area contributed by atoms with E-state index in [2.05, 4.69) is 10.3 Å². The topological polar surface area (TPSA) is 45.2 Å². The van der Waals surface area contributed by atoms with Crippen LogP contribution in [-0.2, 0) is 0 Å². The molecular weight excluding hydrogens is 226 g/mol. The zero-order chi connectivity index (χ0) is 13.0. The van der Waals surface area contributed by atoms with Crippen molar-refractivity contribution < 1.29 is 4.79 Å². The number of rotatable bonds is 3. The Balaban J connectivity index is 2.08. The molecule has 0 saturated heterocycles. The monoisotopic (exact) mass is 241 g/mol. The average molecular weight is 241 g/mol. The fourth-order valence-corrected chi connectivity index (χ4v) is 1.54. The summed E-state index contributed by atoms with van der Waals surface area (Å²) in [5.74, 6) is -0.201. The minimum Gasteiger partial charge on any atom is -0.378 e. The molecule has 2 rings (SSSR count). The predicted octanol–water partition coefficient (Wildman–Crippen LogP) is 2.40. The van der Waals surface area contributed by atoms with Gasteiger partial charge in [-0.1, -0.05) is 6.07 Å². The first-order chi connectivity index (χ1) is 8.66. The van der Waals surface area contributed by atoms with Gasteiger partial charge in [-0.2, -0.15) is 0 Å². The van der Waals surface area contributed by atoms with Gasteiger partial charge in [0.05, 0.1) is 0 Å². The van der Waals surface area contributed by atoms with Gasteiger partial charge in [-0.3, -0.25) is 9.78 Å². The molecule has 0 fully saturated rings. The molecular formula is C14H15N3O. The molecule has 0 atom stereocenters. The highest BCUT2D eigenvalue weighted by Crippen LogP contribution is 2.16. The van der Waals surface area contributed by atoms with E-state index in [1.54, 1.807) is 24.4 Å². The van der Waals surface area contributed by atoms with Gasteiger partial charge in [-0.05, 0) is 36.4 Å². The van der Waals surface area contributed by atoms with E-state index in [1.165, 1.54) is 0 Å². The fourth-order valence-electron chi connectivity index (χ4n) is 1.54. The van der Waals surface area contributed by atoms with E-state index in [4.69, 9.17) is 0 Å². The number of carbonyl (C=O) groups is 1. The maximum atomic E-state index is 11.8. The minimum atomic E-state index is -0.201. The van der Waals surface area contributed by atoms with E-state index < -0.39 is 0 Å². The Labute approximate surface area is 106 Å². The summed E-state index contributed by atoms with van der Waals surface area (Å²) in [6.45, 7) is 0. The molecule has 0 spiro atoms. The summed E-state index contributed by atoms with van der Waals surface area (Å²) in [5, 5.41) is 2.80. The Hall–Kier alpha value is -2.36. The summed E-state index contributed by atoms with van der Waals surface area (Å²) in [6, 6.07) is 12.9. The van der Waals surface area contributed by atoms with Crippen molar-refractivity contribution in [3.8, 4) is 0 Å². The molecule has 0 aliphatic heterocycles. The van der Waals surface area contributed by atoms with Gasteiger partial charge in [0.25, 0.3) is 5.91 Å². The average Bonchev–Trinajstić information content (AvgIpc) is 2.40. The SMILES string of the molecule is CN(C)c1ccc(NC(=O)c2ccccn2)cc1. The maximum Gasteiger partial charge on any atom is 0.274 e. The van der Waals surface area contributed by atoms with E-state index in [0.717, 1.165) is 11.4 Å². The second kappa shape index (κ2) is 5.31. The van der Waals surface area contributed by atoms with Crippen LogP contribution >= 0.6 is 0 Å². The number of pyridine rings is 1. The number of nitrogens with one attached hydrogen (secondary N) is 1. The number of benzene rings is 1. The number of hydrogen-bond acceptors (Lipinski definition) is 3. The molecule has 0 radical (unpaired) electrons. The zero-order valence-corrected chi connectivity index (χ0v) is 10.4. The largest absolute Gasteiger partial charge is 0.378 e. The van der Waals surface area contributed by atoms with Gasteiger partial charge >= 0.3 is 0 Å². The Bertz CT molecular complexity index is 520. The van der Waals surface area contributed by atoms with Crippen molar-refractivity contribution in [2.24, 2.45) is 0 Å². The Morgan fingerprint density at radius 1 is 1.11 bits per heavy atom. The van der Waals surface area contributed by atoms with Crippen molar-refractivity contribution in [3.63, 3.8) is 0 Å². The van der Waals surface area contributed by atoms with Crippen molar-refractivity contribution in [3.05, 3.63) is 54.4 Å². The molecule has 1 aromatic carbocycles. The van der Waals surface area contributed by atoms with Gasteiger partial charge < -0.3 is 10.2 Å². The van der Waals surface area contributed by atoms with E-state index in [-0.39, 0.29) is 5.91 Å². The van der Waals surface area contributed by atoms with E-state index in [0.29, 0.717) is 5.69 Å². The molecule has 1 aromatic heterocycles. The molecule has 4 heteroatoms. The van der Waals surface area contributed by atoms with Crippen LogP contribution in [0, 0.1) is 0 Å². The summed E-state index contributed by atoms with van der Waals surface area (Å²) >= 11 is 0. The molecule has 0 saturated carbocycles. The maximum absolute atomic E-state index is 11.8. The molecule has 4 nitrogen and oxygen atoms in total. The molecule has 0 unspecified atom stereocenters. The first-order valence-electron chi connectivity index (χ1n) is 5.66. The Morgan fingerprint density at radius 3 is 2.39 bits per heavy atom. The van der Waals surface area contributed by atoms with Crippen molar-refractivity contribution >= 4 is 17.3 Å². The van der Waals surface area contributed by atoms with Crippen LogP contribution in [0.1, 0.15) is 10.5 Å². The highest BCUT2D eigenvalue weighted by molar-refractivity contribution is 6.02. The first kappa shape index (κ1) is 12.1. The number of amides is 1. The third-order valence-corrected chi connectivity index (χ3v) is 2.54. The number of hydrogen-bond donors (Lipinski definition) is 1. The van der Waals surface area contributed by atoms with Crippen LogP contribution in [0.5, 0.6) is 0 Å². The van der Waals surface area contributed by atoms with Crippen LogP contribution < -0.4 is 10.2 Å². The Morgan fingerprint density at radius 2 is 1.83 bits per heavy atom. The normalized spacial score (nSPS) is 9.89. The molecule has 92 valence electrons. The van der Waals surface area contributed by atoms with Gasteiger partial charge in [0.15, 0.2) is 0 Å². The van der Waals surface area contributed by atoms with Gasteiger partial charge in [0.2, 0.25) is 0 Å².